The second-order valence-electron chi connectivity index (χ2n) is 8.80. The first-order valence-electron chi connectivity index (χ1n) is 11.8. The highest BCUT2D eigenvalue weighted by Gasteiger charge is 2.39. The van der Waals surface area contributed by atoms with Gasteiger partial charge >= 0.3 is 5.97 Å². The van der Waals surface area contributed by atoms with Gasteiger partial charge in [-0.15, -0.1) is 0 Å². The highest BCUT2D eigenvalue weighted by atomic mass is 16.5. The van der Waals surface area contributed by atoms with Gasteiger partial charge in [0, 0.05) is 22.6 Å². The summed E-state index contributed by atoms with van der Waals surface area (Å²) in [6, 6.07) is 24.9. The fraction of sp³-hybridized carbons (Fsp3) is 0.167. The van der Waals surface area contributed by atoms with Gasteiger partial charge < -0.3 is 14.4 Å². The molecule has 0 spiro atoms. The van der Waals surface area contributed by atoms with Gasteiger partial charge in [-0.25, -0.2) is 10.2 Å². The molecule has 0 saturated heterocycles. The van der Waals surface area contributed by atoms with E-state index in [4.69, 9.17) is 4.74 Å². The Balaban J connectivity index is 1.63. The molecule has 0 fully saturated rings. The molecule has 0 atom stereocenters. The Morgan fingerprint density at radius 2 is 1.51 bits per heavy atom. The van der Waals surface area contributed by atoms with Gasteiger partial charge in [-0.1, -0.05) is 66.7 Å². The molecular weight excluding hydrogens is 466 g/mol. The van der Waals surface area contributed by atoms with Crippen molar-refractivity contribution >= 4 is 18.1 Å². The SMILES string of the molecule is COC(=O)c1ccc(C)c(-n2c(C)cc(/C=N/NC(=O)C(O)(c3ccccc3)c3ccccc3)c2C)c1. The maximum atomic E-state index is 13.3. The van der Waals surface area contributed by atoms with Crippen LogP contribution in [0.4, 0.5) is 0 Å². The van der Waals surface area contributed by atoms with Crippen molar-refractivity contribution in [3.8, 4) is 5.69 Å². The number of ether oxygens (including phenoxy) is 1. The number of benzene rings is 3. The van der Waals surface area contributed by atoms with Gasteiger partial charge in [-0.2, -0.15) is 5.10 Å². The first kappa shape index (κ1) is 25.6. The lowest BCUT2D eigenvalue weighted by molar-refractivity contribution is -0.136. The van der Waals surface area contributed by atoms with Crippen LogP contribution in [0.2, 0.25) is 0 Å². The molecule has 1 aromatic heterocycles. The Bertz CT molecular complexity index is 1420. The largest absolute Gasteiger partial charge is 0.465 e. The third-order valence-corrected chi connectivity index (χ3v) is 6.42. The van der Waals surface area contributed by atoms with Gasteiger partial charge in [0.25, 0.3) is 5.91 Å². The number of methoxy groups -OCH3 is 1. The molecule has 0 unspecified atom stereocenters. The first-order valence-corrected chi connectivity index (χ1v) is 11.8. The second-order valence-corrected chi connectivity index (χ2v) is 8.80. The van der Waals surface area contributed by atoms with E-state index in [1.54, 1.807) is 66.9 Å². The topological polar surface area (TPSA) is 92.9 Å². The normalized spacial score (nSPS) is 11.5. The van der Waals surface area contributed by atoms with Crippen LogP contribution in [0.1, 0.15) is 44.0 Å². The molecule has 4 rings (SSSR count). The predicted molar refractivity (Wildman–Crippen MR) is 143 cm³/mol. The number of nitrogens with one attached hydrogen (secondary N) is 1. The Hall–Kier alpha value is -4.49. The van der Waals surface area contributed by atoms with Gasteiger partial charge in [0.1, 0.15) is 0 Å². The van der Waals surface area contributed by atoms with Crippen molar-refractivity contribution in [2.45, 2.75) is 26.4 Å². The Labute approximate surface area is 216 Å². The molecule has 1 heterocycles. The highest BCUT2D eigenvalue weighted by Crippen LogP contribution is 2.30. The maximum Gasteiger partial charge on any atom is 0.337 e. The van der Waals surface area contributed by atoms with E-state index in [0.29, 0.717) is 16.7 Å². The summed E-state index contributed by atoms with van der Waals surface area (Å²) >= 11 is 0. The van der Waals surface area contributed by atoms with Gasteiger partial charge in [0.15, 0.2) is 5.60 Å². The first-order chi connectivity index (χ1) is 17.8. The van der Waals surface area contributed by atoms with E-state index >= 15 is 0 Å². The van der Waals surface area contributed by atoms with Crippen LogP contribution in [-0.2, 0) is 15.1 Å². The number of aromatic nitrogens is 1. The molecule has 0 bridgehead atoms. The summed E-state index contributed by atoms with van der Waals surface area (Å²) in [5.74, 6) is -1.07. The van der Waals surface area contributed by atoms with Crippen LogP contribution in [0.3, 0.4) is 0 Å². The highest BCUT2D eigenvalue weighted by molar-refractivity contribution is 5.92. The lowest BCUT2D eigenvalue weighted by atomic mass is 9.85. The number of esters is 1. The van der Waals surface area contributed by atoms with Crippen LogP contribution in [0.15, 0.2) is 90.0 Å². The zero-order valence-corrected chi connectivity index (χ0v) is 21.2. The molecule has 0 radical (unpaired) electrons. The number of hydrazone groups is 1. The van der Waals surface area contributed by atoms with Crippen LogP contribution >= 0.6 is 0 Å². The van der Waals surface area contributed by atoms with Crippen LogP contribution in [0, 0.1) is 20.8 Å². The molecule has 0 aliphatic rings. The van der Waals surface area contributed by atoms with Crippen molar-refractivity contribution in [3.63, 3.8) is 0 Å². The maximum absolute atomic E-state index is 13.3. The summed E-state index contributed by atoms with van der Waals surface area (Å²) < 4.78 is 6.89. The monoisotopic (exact) mass is 495 g/mol. The Morgan fingerprint density at radius 3 is 2.08 bits per heavy atom. The standard InChI is InChI=1S/C30H29N3O4/c1-20-15-16-23(28(34)37-4)18-27(20)33-21(2)17-24(22(33)3)19-31-32-29(35)30(36,25-11-7-5-8-12-25)26-13-9-6-10-14-26/h5-19,36H,1-4H3,(H,32,35)/b31-19+. The van der Waals surface area contributed by atoms with Crippen LogP contribution in [0.5, 0.6) is 0 Å². The minimum Gasteiger partial charge on any atom is -0.465 e. The lowest BCUT2D eigenvalue weighted by Crippen LogP contribution is -2.43. The summed E-state index contributed by atoms with van der Waals surface area (Å²) in [5.41, 5.74) is 6.36. The summed E-state index contributed by atoms with van der Waals surface area (Å²) in [6.07, 6.45) is 1.55. The van der Waals surface area contributed by atoms with E-state index in [1.165, 1.54) is 7.11 Å². The molecule has 0 aliphatic carbocycles. The van der Waals surface area contributed by atoms with E-state index < -0.39 is 17.5 Å². The number of rotatable bonds is 7. The summed E-state index contributed by atoms with van der Waals surface area (Å²) in [4.78, 5) is 25.3. The number of aliphatic hydroxyl groups is 1. The summed E-state index contributed by atoms with van der Waals surface area (Å²) in [5, 5.41) is 15.7. The van der Waals surface area contributed by atoms with Crippen molar-refractivity contribution in [2.24, 2.45) is 5.10 Å². The molecule has 7 nitrogen and oxygen atoms in total. The van der Waals surface area contributed by atoms with Crippen LogP contribution in [-0.4, -0.2) is 34.9 Å². The summed E-state index contributed by atoms with van der Waals surface area (Å²) in [7, 11) is 1.35. The molecule has 1 amide bonds. The number of hydrogen-bond acceptors (Lipinski definition) is 5. The number of carbonyl (C=O) groups is 2. The molecule has 2 N–H and O–H groups in total. The molecule has 0 aliphatic heterocycles. The Morgan fingerprint density at radius 1 is 0.919 bits per heavy atom. The Kier molecular flexibility index (Phi) is 7.36. The van der Waals surface area contributed by atoms with Crippen LogP contribution in [0.25, 0.3) is 5.69 Å². The van der Waals surface area contributed by atoms with Gasteiger partial charge in [-0.05, 0) is 55.7 Å². The van der Waals surface area contributed by atoms with E-state index in [2.05, 4.69) is 10.5 Å². The average Bonchev–Trinajstić information content (AvgIpc) is 3.21. The number of amides is 1. The quantitative estimate of drug-likeness (QED) is 0.223. The smallest absolute Gasteiger partial charge is 0.337 e. The molecule has 7 heteroatoms. The van der Waals surface area contributed by atoms with Crippen molar-refractivity contribution in [1.82, 2.24) is 9.99 Å². The molecule has 188 valence electrons. The number of nitrogens with zero attached hydrogens (tertiary/aromatic N) is 2. The predicted octanol–water partition coefficient (Wildman–Crippen LogP) is 4.58. The van der Waals surface area contributed by atoms with Crippen LogP contribution < -0.4 is 5.43 Å². The van der Waals surface area contributed by atoms with Crippen molar-refractivity contribution in [3.05, 3.63) is 124 Å². The van der Waals surface area contributed by atoms with Crippen molar-refractivity contribution in [1.29, 1.82) is 0 Å². The van der Waals surface area contributed by atoms with E-state index in [0.717, 1.165) is 28.2 Å². The third kappa shape index (κ3) is 4.94. The van der Waals surface area contributed by atoms with Gasteiger partial charge in [0.2, 0.25) is 0 Å². The van der Waals surface area contributed by atoms with E-state index in [-0.39, 0.29) is 0 Å². The molecule has 0 saturated carbocycles. The van der Waals surface area contributed by atoms with Crippen molar-refractivity contribution < 1.29 is 19.4 Å². The lowest BCUT2D eigenvalue weighted by Gasteiger charge is -2.27. The third-order valence-electron chi connectivity index (χ3n) is 6.42. The second kappa shape index (κ2) is 10.6. The molecule has 3 aromatic carbocycles. The zero-order chi connectivity index (χ0) is 26.6. The van der Waals surface area contributed by atoms with Gasteiger partial charge in [0.05, 0.1) is 18.9 Å². The molecule has 37 heavy (non-hydrogen) atoms. The zero-order valence-electron chi connectivity index (χ0n) is 21.2. The average molecular weight is 496 g/mol. The van der Waals surface area contributed by atoms with E-state index in [1.807, 2.05) is 49.6 Å². The number of carbonyl (C=O) groups excluding carboxylic acids is 2. The van der Waals surface area contributed by atoms with Crippen molar-refractivity contribution in [2.75, 3.05) is 7.11 Å². The fourth-order valence-electron chi connectivity index (χ4n) is 4.41. The summed E-state index contributed by atoms with van der Waals surface area (Å²) in [6.45, 7) is 5.86. The fourth-order valence-corrected chi connectivity index (χ4v) is 4.41. The molecule has 4 aromatic rings. The minimum atomic E-state index is -1.91. The van der Waals surface area contributed by atoms with E-state index in [9.17, 15) is 14.7 Å². The number of hydrogen-bond donors (Lipinski definition) is 2. The minimum absolute atomic E-state index is 0.405. The van der Waals surface area contributed by atoms with Gasteiger partial charge in [-0.3, -0.25) is 4.79 Å². The number of aryl methyl sites for hydroxylation is 2. The molecular formula is C30H29N3O4.